The van der Waals surface area contributed by atoms with Gasteiger partial charge in [0.15, 0.2) is 0 Å². The van der Waals surface area contributed by atoms with Crippen molar-refractivity contribution < 1.29 is 8.42 Å². The number of hydrogen-bond acceptors (Lipinski definition) is 4. The molecule has 0 aromatic heterocycles. The summed E-state index contributed by atoms with van der Waals surface area (Å²) < 4.78 is 26.6. The number of likely N-dealkylation sites (tertiary alicyclic amines) is 1. The summed E-state index contributed by atoms with van der Waals surface area (Å²) in [7, 11) is -3.21. The van der Waals surface area contributed by atoms with E-state index >= 15 is 0 Å². The van der Waals surface area contributed by atoms with Gasteiger partial charge in [-0.3, -0.25) is 0 Å². The van der Waals surface area contributed by atoms with E-state index in [1.165, 1.54) is 0 Å². The smallest absolute Gasteiger partial charge is 0.220 e. The Morgan fingerprint density at radius 2 is 1.81 bits per heavy atom. The highest BCUT2D eigenvalue weighted by atomic mass is 32.2. The maximum Gasteiger partial charge on any atom is 0.220 e. The van der Waals surface area contributed by atoms with E-state index in [9.17, 15) is 8.42 Å². The minimum Gasteiger partial charge on any atom is -0.314 e. The summed E-state index contributed by atoms with van der Waals surface area (Å²) in [5.41, 5.74) is 0. The van der Waals surface area contributed by atoms with Gasteiger partial charge in [-0.15, -0.1) is 0 Å². The molecule has 21 heavy (non-hydrogen) atoms. The molecule has 0 amide bonds. The number of rotatable bonds is 3. The molecule has 0 atom stereocenters. The normalized spacial score (nSPS) is 28.6. The van der Waals surface area contributed by atoms with E-state index in [4.69, 9.17) is 0 Å². The third-order valence-corrected chi connectivity index (χ3v) is 7.52. The van der Waals surface area contributed by atoms with Gasteiger partial charge in [-0.1, -0.05) is 0 Å². The molecule has 124 valence electrons. The first-order valence-corrected chi connectivity index (χ1v) is 9.62. The van der Waals surface area contributed by atoms with Crippen LogP contribution in [0, 0.1) is 5.92 Å². The van der Waals surface area contributed by atoms with Gasteiger partial charge in [0.25, 0.3) is 0 Å². The van der Waals surface area contributed by atoms with E-state index in [0.717, 1.165) is 32.5 Å². The number of sulfonamides is 1. The van der Waals surface area contributed by atoms with E-state index in [0.29, 0.717) is 31.6 Å². The van der Waals surface area contributed by atoms with E-state index in [-0.39, 0.29) is 0 Å². The summed E-state index contributed by atoms with van der Waals surface area (Å²) in [6.45, 7) is 12.9. The molecule has 0 saturated carbocycles. The second-order valence-electron chi connectivity index (χ2n) is 7.37. The Bertz CT molecular complexity index is 440. The summed E-state index contributed by atoms with van der Waals surface area (Å²) in [6.07, 6.45) is 2.22. The lowest BCUT2D eigenvalue weighted by atomic mass is 9.96. The zero-order chi connectivity index (χ0) is 15.7. The topological polar surface area (TPSA) is 52.6 Å². The van der Waals surface area contributed by atoms with Crippen LogP contribution in [-0.2, 0) is 10.0 Å². The van der Waals surface area contributed by atoms with E-state index in [2.05, 4.69) is 24.1 Å². The van der Waals surface area contributed by atoms with Crippen LogP contribution in [0.1, 0.15) is 40.5 Å². The van der Waals surface area contributed by atoms with Crippen molar-refractivity contribution in [2.24, 2.45) is 5.92 Å². The molecule has 0 aromatic rings. The van der Waals surface area contributed by atoms with Gasteiger partial charge >= 0.3 is 0 Å². The Balaban J connectivity index is 1.99. The maximum absolute atomic E-state index is 12.8. The molecule has 2 aliphatic rings. The lowest BCUT2D eigenvalue weighted by molar-refractivity contribution is 0.139. The molecule has 2 fully saturated rings. The Morgan fingerprint density at radius 3 is 2.38 bits per heavy atom. The van der Waals surface area contributed by atoms with Crippen molar-refractivity contribution in [2.45, 2.75) is 51.3 Å². The third-order valence-electron chi connectivity index (χ3n) is 4.97. The number of nitrogens with zero attached hydrogens (tertiary/aromatic N) is 2. The number of piperidine rings is 1. The quantitative estimate of drug-likeness (QED) is 0.847. The second kappa shape index (κ2) is 6.52. The van der Waals surface area contributed by atoms with Crippen molar-refractivity contribution in [2.75, 3.05) is 39.3 Å². The van der Waals surface area contributed by atoms with E-state index < -0.39 is 14.8 Å². The summed E-state index contributed by atoms with van der Waals surface area (Å²) >= 11 is 0. The minimum absolute atomic E-state index is 0.503. The Kier molecular flexibility index (Phi) is 5.34. The highest BCUT2D eigenvalue weighted by molar-refractivity contribution is 7.90. The summed E-state index contributed by atoms with van der Waals surface area (Å²) in [5, 5.41) is 3.25. The fourth-order valence-corrected chi connectivity index (χ4v) is 5.01. The van der Waals surface area contributed by atoms with E-state index in [1.54, 1.807) is 4.31 Å². The molecule has 2 aliphatic heterocycles. The average Bonchev–Trinajstić information content (AvgIpc) is 2.50. The molecule has 0 aromatic carbocycles. The predicted octanol–water partition coefficient (Wildman–Crippen LogP) is 1.12. The summed E-state index contributed by atoms with van der Waals surface area (Å²) in [6, 6.07) is 0.594. The number of nitrogens with one attached hydrogen (secondary N) is 1. The van der Waals surface area contributed by atoms with Crippen LogP contribution < -0.4 is 5.32 Å². The van der Waals surface area contributed by atoms with Crippen LogP contribution >= 0.6 is 0 Å². The molecule has 6 heteroatoms. The first-order valence-electron chi connectivity index (χ1n) is 8.18. The maximum atomic E-state index is 12.8. The molecule has 2 saturated heterocycles. The average molecular weight is 317 g/mol. The lowest BCUT2D eigenvalue weighted by Crippen LogP contribution is -2.49. The lowest BCUT2D eigenvalue weighted by Gasteiger charge is -2.37. The highest BCUT2D eigenvalue weighted by Gasteiger charge is 2.41. The molecular formula is C15H31N3O2S. The zero-order valence-corrected chi connectivity index (χ0v) is 14.7. The van der Waals surface area contributed by atoms with Gasteiger partial charge in [0.1, 0.15) is 0 Å². The Morgan fingerprint density at radius 1 is 1.19 bits per heavy atom. The van der Waals surface area contributed by atoms with Crippen LogP contribution in [0.5, 0.6) is 0 Å². The van der Waals surface area contributed by atoms with Crippen LogP contribution in [-0.4, -0.2) is 67.7 Å². The molecule has 1 N–H and O–H groups in total. The second-order valence-corrected chi connectivity index (χ2v) is 9.94. The van der Waals surface area contributed by atoms with E-state index in [1.807, 2.05) is 13.8 Å². The van der Waals surface area contributed by atoms with Crippen molar-refractivity contribution in [3.8, 4) is 0 Å². The van der Waals surface area contributed by atoms with Crippen LogP contribution in [0.2, 0.25) is 0 Å². The molecule has 0 aliphatic carbocycles. The molecule has 2 rings (SSSR count). The van der Waals surface area contributed by atoms with Crippen molar-refractivity contribution in [1.29, 1.82) is 0 Å². The van der Waals surface area contributed by atoms with Crippen molar-refractivity contribution >= 4 is 10.0 Å². The summed E-state index contributed by atoms with van der Waals surface area (Å²) in [4.78, 5) is 2.49. The molecular weight excluding hydrogens is 286 g/mol. The highest BCUT2D eigenvalue weighted by Crippen LogP contribution is 2.26. The van der Waals surface area contributed by atoms with Gasteiger partial charge in [0.05, 0.1) is 4.75 Å². The van der Waals surface area contributed by atoms with Crippen LogP contribution in [0.25, 0.3) is 0 Å². The third kappa shape index (κ3) is 3.78. The standard InChI is InChI=1S/C15H31N3O2S/c1-13(2)17-8-5-14(6-9-17)11-18-10-7-16-12-15(3,4)21(18,19)20/h13-14,16H,5-12H2,1-4H3. The fraction of sp³-hybridized carbons (Fsp3) is 1.00. The molecule has 0 radical (unpaired) electrons. The van der Waals surface area contributed by atoms with Crippen molar-refractivity contribution in [1.82, 2.24) is 14.5 Å². The Hall–Kier alpha value is -0.170. The first kappa shape index (κ1) is 17.2. The molecule has 0 bridgehead atoms. The molecule has 0 spiro atoms. The van der Waals surface area contributed by atoms with Crippen LogP contribution in [0.4, 0.5) is 0 Å². The van der Waals surface area contributed by atoms with Crippen LogP contribution in [0.3, 0.4) is 0 Å². The largest absolute Gasteiger partial charge is 0.314 e. The SMILES string of the molecule is CC(C)N1CCC(CN2CCNCC(C)(C)S2(=O)=O)CC1. The van der Waals surface area contributed by atoms with Crippen molar-refractivity contribution in [3.63, 3.8) is 0 Å². The van der Waals surface area contributed by atoms with Crippen molar-refractivity contribution in [3.05, 3.63) is 0 Å². The first-order chi connectivity index (χ1) is 9.74. The Labute approximate surface area is 130 Å². The van der Waals surface area contributed by atoms with Gasteiger partial charge in [-0.2, -0.15) is 4.31 Å². The van der Waals surface area contributed by atoms with Gasteiger partial charge in [-0.05, 0) is 59.5 Å². The van der Waals surface area contributed by atoms with Gasteiger partial charge in [0.2, 0.25) is 10.0 Å². The minimum atomic E-state index is -3.21. The van der Waals surface area contributed by atoms with Gasteiger partial charge < -0.3 is 10.2 Å². The number of hydrogen-bond donors (Lipinski definition) is 1. The van der Waals surface area contributed by atoms with Crippen LogP contribution in [0.15, 0.2) is 0 Å². The van der Waals surface area contributed by atoms with Gasteiger partial charge in [-0.25, -0.2) is 8.42 Å². The van der Waals surface area contributed by atoms with Gasteiger partial charge in [0, 0.05) is 32.2 Å². The fourth-order valence-electron chi connectivity index (χ4n) is 3.28. The predicted molar refractivity (Wildman–Crippen MR) is 86.9 cm³/mol. The zero-order valence-electron chi connectivity index (χ0n) is 13.9. The molecule has 2 heterocycles. The molecule has 0 unspecified atom stereocenters. The monoisotopic (exact) mass is 317 g/mol. The molecule has 5 nitrogen and oxygen atoms in total. The summed E-state index contributed by atoms with van der Waals surface area (Å²) in [5.74, 6) is 0.503.